The first-order valence-electron chi connectivity index (χ1n) is 9.54. The van der Waals surface area contributed by atoms with E-state index in [-0.39, 0.29) is 29.7 Å². The molecule has 0 radical (unpaired) electrons. The maximum Gasteiger partial charge on any atom is 0.247 e. The molecular weight excluding hydrogens is 358 g/mol. The molecule has 0 bridgehead atoms. The van der Waals surface area contributed by atoms with Gasteiger partial charge in [0.1, 0.15) is 6.04 Å². The van der Waals surface area contributed by atoms with Gasteiger partial charge in [-0.3, -0.25) is 19.3 Å². The van der Waals surface area contributed by atoms with Gasteiger partial charge >= 0.3 is 0 Å². The number of carbonyl (C=O) groups is 3. The van der Waals surface area contributed by atoms with Crippen LogP contribution in [0.15, 0.2) is 30.6 Å². The molecule has 0 saturated carbocycles. The van der Waals surface area contributed by atoms with Gasteiger partial charge in [0, 0.05) is 11.4 Å². The molecule has 1 N–H and O–H groups in total. The molecule has 2 aromatic rings. The Labute approximate surface area is 162 Å². The highest BCUT2D eigenvalue weighted by atomic mass is 16.2. The number of pyridine rings is 1. The van der Waals surface area contributed by atoms with Gasteiger partial charge in [0.2, 0.25) is 17.7 Å². The molecule has 8 nitrogen and oxygen atoms in total. The molecule has 3 amide bonds. The summed E-state index contributed by atoms with van der Waals surface area (Å²) in [5.74, 6) is -1.60. The van der Waals surface area contributed by atoms with E-state index in [1.54, 1.807) is 30.1 Å². The maximum atomic E-state index is 12.7. The zero-order chi connectivity index (χ0) is 20.0. The summed E-state index contributed by atoms with van der Waals surface area (Å²) in [5, 5.41) is 7.89. The normalized spacial score (nSPS) is 22.8. The van der Waals surface area contributed by atoms with Crippen molar-refractivity contribution < 1.29 is 14.4 Å². The van der Waals surface area contributed by atoms with E-state index in [0.717, 1.165) is 15.9 Å². The summed E-state index contributed by atoms with van der Waals surface area (Å²) >= 11 is 0. The number of hydrogen-bond donors (Lipinski definition) is 1. The number of imide groups is 1. The van der Waals surface area contributed by atoms with Crippen molar-refractivity contribution in [2.24, 2.45) is 11.8 Å². The average molecular weight is 381 g/mol. The highest BCUT2D eigenvalue weighted by molar-refractivity contribution is 6.10. The standard InChI is InChI=1S/C20H23N5O3/c1-11(2)25-17-13(9-22-25)8-14(10-21-17)23-18(26)12(3)24-19(27)15-6-4-5-7-16(15)20(24)28/h4-5,8-12,15-16H,6-7H2,1-3H3,(H,23,26)/t12-,15?,16?/m0/s1. The Kier molecular flexibility index (Phi) is 4.49. The molecule has 28 heavy (non-hydrogen) atoms. The minimum atomic E-state index is -0.875. The Balaban J connectivity index is 1.51. The number of likely N-dealkylation sites (tertiary alicyclic amines) is 1. The van der Waals surface area contributed by atoms with Crippen molar-refractivity contribution in [2.45, 2.75) is 45.7 Å². The molecule has 2 aliphatic rings. The van der Waals surface area contributed by atoms with E-state index in [9.17, 15) is 14.4 Å². The summed E-state index contributed by atoms with van der Waals surface area (Å²) < 4.78 is 1.81. The number of rotatable bonds is 4. The predicted octanol–water partition coefficient (Wildman–Crippen LogP) is 2.29. The molecule has 146 valence electrons. The number of anilines is 1. The van der Waals surface area contributed by atoms with Gasteiger partial charge in [-0.05, 0) is 39.7 Å². The van der Waals surface area contributed by atoms with Crippen LogP contribution in [0.4, 0.5) is 5.69 Å². The van der Waals surface area contributed by atoms with Gasteiger partial charge in [0.25, 0.3) is 0 Å². The van der Waals surface area contributed by atoms with E-state index in [4.69, 9.17) is 0 Å². The number of amides is 3. The Hall–Kier alpha value is -3.03. The van der Waals surface area contributed by atoms with Gasteiger partial charge < -0.3 is 5.32 Å². The van der Waals surface area contributed by atoms with Crippen LogP contribution in [0.2, 0.25) is 0 Å². The van der Waals surface area contributed by atoms with E-state index < -0.39 is 11.9 Å². The number of nitrogens with one attached hydrogen (secondary N) is 1. The quantitative estimate of drug-likeness (QED) is 0.647. The summed E-state index contributed by atoms with van der Waals surface area (Å²) in [6.07, 6.45) is 8.23. The zero-order valence-electron chi connectivity index (χ0n) is 16.1. The van der Waals surface area contributed by atoms with Crippen molar-refractivity contribution in [1.82, 2.24) is 19.7 Å². The maximum absolute atomic E-state index is 12.7. The molecule has 2 unspecified atom stereocenters. The van der Waals surface area contributed by atoms with E-state index in [2.05, 4.69) is 15.4 Å². The first-order chi connectivity index (χ1) is 13.4. The van der Waals surface area contributed by atoms with Crippen LogP contribution >= 0.6 is 0 Å². The number of nitrogens with zero attached hydrogens (tertiary/aromatic N) is 4. The smallest absolute Gasteiger partial charge is 0.247 e. The molecule has 8 heteroatoms. The Morgan fingerprint density at radius 3 is 2.36 bits per heavy atom. The molecule has 1 fully saturated rings. The van der Waals surface area contributed by atoms with Gasteiger partial charge in [-0.25, -0.2) is 9.67 Å². The van der Waals surface area contributed by atoms with Crippen LogP contribution in [0.5, 0.6) is 0 Å². The molecule has 1 aliphatic carbocycles. The van der Waals surface area contributed by atoms with Gasteiger partial charge in [-0.2, -0.15) is 5.10 Å². The minimum Gasteiger partial charge on any atom is -0.323 e. The number of allylic oxidation sites excluding steroid dienone is 2. The lowest BCUT2D eigenvalue weighted by molar-refractivity contribution is -0.146. The second kappa shape index (κ2) is 6.85. The first-order valence-corrected chi connectivity index (χ1v) is 9.54. The van der Waals surface area contributed by atoms with E-state index in [1.165, 1.54) is 0 Å². The first kappa shape index (κ1) is 18.3. The van der Waals surface area contributed by atoms with Gasteiger partial charge in [-0.1, -0.05) is 12.2 Å². The van der Waals surface area contributed by atoms with Crippen LogP contribution in [0.1, 0.15) is 39.7 Å². The van der Waals surface area contributed by atoms with Crippen LogP contribution in [0.3, 0.4) is 0 Å². The summed E-state index contributed by atoms with van der Waals surface area (Å²) in [4.78, 5) is 43.6. The molecule has 0 spiro atoms. The van der Waals surface area contributed by atoms with Crippen molar-refractivity contribution in [3.63, 3.8) is 0 Å². The summed E-state index contributed by atoms with van der Waals surface area (Å²) in [5.41, 5.74) is 1.24. The highest BCUT2D eigenvalue weighted by Crippen LogP contribution is 2.36. The van der Waals surface area contributed by atoms with Crippen LogP contribution in [-0.2, 0) is 14.4 Å². The molecule has 3 atom stereocenters. The molecular formula is C20H23N5O3. The summed E-state index contributed by atoms with van der Waals surface area (Å²) in [7, 11) is 0. The van der Waals surface area contributed by atoms with Crippen LogP contribution in [0.25, 0.3) is 11.0 Å². The third kappa shape index (κ3) is 2.89. The molecule has 0 aromatic carbocycles. The van der Waals surface area contributed by atoms with E-state index >= 15 is 0 Å². The van der Waals surface area contributed by atoms with Crippen molar-refractivity contribution in [3.8, 4) is 0 Å². The predicted molar refractivity (Wildman–Crippen MR) is 103 cm³/mol. The number of carbonyl (C=O) groups excluding carboxylic acids is 3. The number of aromatic nitrogens is 3. The Morgan fingerprint density at radius 2 is 1.75 bits per heavy atom. The van der Waals surface area contributed by atoms with Crippen molar-refractivity contribution >= 4 is 34.4 Å². The second-order valence-electron chi connectivity index (χ2n) is 7.69. The lowest BCUT2D eigenvalue weighted by Crippen LogP contribution is -2.46. The lowest BCUT2D eigenvalue weighted by atomic mass is 9.85. The third-order valence-electron chi connectivity index (χ3n) is 5.50. The van der Waals surface area contributed by atoms with Crippen LogP contribution in [-0.4, -0.2) is 43.4 Å². The third-order valence-corrected chi connectivity index (χ3v) is 5.50. The fourth-order valence-electron chi connectivity index (χ4n) is 3.96. The van der Waals surface area contributed by atoms with E-state index in [1.807, 2.05) is 26.0 Å². The van der Waals surface area contributed by atoms with Gasteiger partial charge in [0.15, 0.2) is 5.65 Å². The molecule has 2 aromatic heterocycles. The largest absolute Gasteiger partial charge is 0.323 e. The zero-order valence-corrected chi connectivity index (χ0v) is 16.1. The van der Waals surface area contributed by atoms with Crippen LogP contribution in [0, 0.1) is 11.8 Å². The fraction of sp³-hybridized carbons (Fsp3) is 0.450. The van der Waals surface area contributed by atoms with E-state index in [0.29, 0.717) is 18.5 Å². The molecule has 4 rings (SSSR count). The molecule has 1 saturated heterocycles. The monoisotopic (exact) mass is 381 g/mol. The topological polar surface area (TPSA) is 97.2 Å². The Morgan fingerprint density at radius 1 is 1.11 bits per heavy atom. The van der Waals surface area contributed by atoms with Crippen molar-refractivity contribution in [2.75, 3.05) is 5.32 Å². The van der Waals surface area contributed by atoms with Crippen LogP contribution < -0.4 is 5.32 Å². The molecule has 1 aliphatic heterocycles. The molecule has 3 heterocycles. The van der Waals surface area contributed by atoms with Gasteiger partial charge in [-0.15, -0.1) is 0 Å². The fourth-order valence-corrected chi connectivity index (χ4v) is 3.96. The average Bonchev–Trinajstić information content (AvgIpc) is 3.21. The van der Waals surface area contributed by atoms with Crippen molar-refractivity contribution in [1.29, 1.82) is 0 Å². The number of hydrogen-bond acceptors (Lipinski definition) is 5. The summed E-state index contributed by atoms with van der Waals surface area (Å²) in [6.45, 7) is 5.62. The van der Waals surface area contributed by atoms with Crippen molar-refractivity contribution in [3.05, 3.63) is 30.6 Å². The lowest BCUT2D eigenvalue weighted by Gasteiger charge is -2.22. The number of fused-ring (bicyclic) bond motifs is 2. The van der Waals surface area contributed by atoms with Gasteiger partial charge in [0.05, 0.1) is 29.9 Å². The Bertz CT molecular complexity index is 967. The summed E-state index contributed by atoms with van der Waals surface area (Å²) in [6, 6.07) is 1.09. The SMILES string of the molecule is CC(C)n1ncc2cc(NC(=O)[C@H](C)N3C(=O)C4CC=CCC4C3=O)cnc21. The second-order valence-corrected chi connectivity index (χ2v) is 7.69. The minimum absolute atomic E-state index is 0.177. The highest BCUT2D eigenvalue weighted by Gasteiger charge is 2.50.